The molecule has 0 aromatic heterocycles. The van der Waals surface area contributed by atoms with Crippen molar-refractivity contribution in [2.75, 3.05) is 12.4 Å². The SMILES string of the molecule is CCCCCC(OC(=O)CBr)C(O)C/C=C\CCCCCCCC(=O)OC. The van der Waals surface area contributed by atoms with Gasteiger partial charge in [0.15, 0.2) is 0 Å². The Morgan fingerprint density at radius 1 is 1.00 bits per heavy atom. The Morgan fingerprint density at radius 3 is 2.37 bits per heavy atom. The van der Waals surface area contributed by atoms with Crippen LogP contribution in [0.15, 0.2) is 12.2 Å². The van der Waals surface area contributed by atoms with Crippen LogP contribution in [0.3, 0.4) is 0 Å². The number of rotatable bonds is 17. The third-order valence-corrected chi connectivity index (χ3v) is 4.89. The Labute approximate surface area is 173 Å². The molecule has 1 N–H and O–H groups in total. The fourth-order valence-electron chi connectivity index (χ4n) is 2.79. The van der Waals surface area contributed by atoms with Crippen LogP contribution >= 0.6 is 15.9 Å². The predicted octanol–water partition coefficient (Wildman–Crippen LogP) is 5.08. The Kier molecular flexibility index (Phi) is 17.9. The zero-order valence-corrected chi connectivity index (χ0v) is 18.5. The summed E-state index contributed by atoms with van der Waals surface area (Å²) in [5.41, 5.74) is 0. The van der Waals surface area contributed by atoms with E-state index < -0.39 is 12.2 Å². The van der Waals surface area contributed by atoms with Gasteiger partial charge in [-0.3, -0.25) is 9.59 Å². The summed E-state index contributed by atoms with van der Waals surface area (Å²) in [4.78, 5) is 22.5. The summed E-state index contributed by atoms with van der Waals surface area (Å²) in [5.74, 6) is -0.460. The molecule has 27 heavy (non-hydrogen) atoms. The van der Waals surface area contributed by atoms with Gasteiger partial charge in [-0.1, -0.05) is 67.1 Å². The van der Waals surface area contributed by atoms with E-state index in [4.69, 9.17) is 4.74 Å². The largest absolute Gasteiger partial charge is 0.469 e. The van der Waals surface area contributed by atoms with Crippen LogP contribution in [0.25, 0.3) is 0 Å². The van der Waals surface area contributed by atoms with Gasteiger partial charge >= 0.3 is 11.9 Å². The average molecular weight is 449 g/mol. The van der Waals surface area contributed by atoms with Gasteiger partial charge < -0.3 is 14.6 Å². The Balaban J connectivity index is 3.90. The number of alkyl halides is 1. The smallest absolute Gasteiger partial charge is 0.316 e. The van der Waals surface area contributed by atoms with Gasteiger partial charge in [-0.15, -0.1) is 0 Å². The summed E-state index contributed by atoms with van der Waals surface area (Å²) < 4.78 is 9.98. The predicted molar refractivity (Wildman–Crippen MR) is 112 cm³/mol. The highest BCUT2D eigenvalue weighted by atomic mass is 79.9. The van der Waals surface area contributed by atoms with E-state index in [9.17, 15) is 14.7 Å². The zero-order chi connectivity index (χ0) is 20.3. The van der Waals surface area contributed by atoms with Crippen molar-refractivity contribution in [2.45, 2.75) is 96.2 Å². The van der Waals surface area contributed by atoms with E-state index in [0.717, 1.165) is 57.8 Å². The van der Waals surface area contributed by atoms with Crippen LogP contribution in [0.2, 0.25) is 0 Å². The minimum absolute atomic E-state index is 0.133. The molecule has 0 radical (unpaired) electrons. The summed E-state index contributed by atoms with van der Waals surface area (Å²) in [6.45, 7) is 2.12. The van der Waals surface area contributed by atoms with Crippen LogP contribution in [0, 0.1) is 0 Å². The van der Waals surface area contributed by atoms with Crippen molar-refractivity contribution in [3.63, 3.8) is 0 Å². The van der Waals surface area contributed by atoms with E-state index >= 15 is 0 Å². The number of hydrogen-bond acceptors (Lipinski definition) is 5. The van der Waals surface area contributed by atoms with Crippen molar-refractivity contribution in [3.8, 4) is 0 Å². The van der Waals surface area contributed by atoms with E-state index in [1.807, 2.05) is 6.08 Å². The maximum atomic E-state index is 11.5. The highest BCUT2D eigenvalue weighted by molar-refractivity contribution is 9.09. The number of ether oxygens (including phenoxy) is 2. The monoisotopic (exact) mass is 448 g/mol. The summed E-state index contributed by atoms with van der Waals surface area (Å²) in [6.07, 6.45) is 14.1. The first-order valence-corrected chi connectivity index (χ1v) is 11.3. The Morgan fingerprint density at radius 2 is 1.70 bits per heavy atom. The van der Waals surface area contributed by atoms with Crippen LogP contribution in [0.5, 0.6) is 0 Å². The molecule has 0 spiro atoms. The number of halogens is 1. The number of esters is 2. The molecule has 0 aliphatic carbocycles. The van der Waals surface area contributed by atoms with Gasteiger partial charge in [-0.05, 0) is 38.5 Å². The molecule has 0 heterocycles. The van der Waals surface area contributed by atoms with E-state index in [0.29, 0.717) is 19.3 Å². The molecule has 0 saturated carbocycles. The lowest BCUT2D eigenvalue weighted by Crippen LogP contribution is -2.31. The van der Waals surface area contributed by atoms with Crippen LogP contribution in [0.1, 0.15) is 84.0 Å². The van der Waals surface area contributed by atoms with Gasteiger partial charge in [-0.25, -0.2) is 0 Å². The number of methoxy groups -OCH3 is 1. The fourth-order valence-corrected chi connectivity index (χ4v) is 2.93. The maximum Gasteiger partial charge on any atom is 0.316 e. The molecule has 158 valence electrons. The molecular formula is C21H37BrO5. The number of aliphatic hydroxyl groups excluding tert-OH is 1. The normalized spacial score (nSPS) is 13.5. The minimum atomic E-state index is -0.653. The van der Waals surface area contributed by atoms with Crippen molar-refractivity contribution in [3.05, 3.63) is 12.2 Å². The summed E-state index contributed by atoms with van der Waals surface area (Å²) >= 11 is 3.10. The van der Waals surface area contributed by atoms with E-state index in [1.54, 1.807) is 0 Å². The Hall–Kier alpha value is -0.880. The highest BCUT2D eigenvalue weighted by Gasteiger charge is 2.21. The van der Waals surface area contributed by atoms with Crippen LogP contribution in [0.4, 0.5) is 0 Å². The minimum Gasteiger partial charge on any atom is -0.469 e. The summed E-state index contributed by atoms with van der Waals surface area (Å²) in [5, 5.41) is 10.5. The van der Waals surface area contributed by atoms with Gasteiger partial charge in [0.1, 0.15) is 11.4 Å². The first-order valence-electron chi connectivity index (χ1n) is 10.2. The lowest BCUT2D eigenvalue weighted by Gasteiger charge is -2.22. The molecule has 2 unspecified atom stereocenters. The second kappa shape index (κ2) is 18.5. The number of unbranched alkanes of at least 4 members (excludes halogenated alkanes) is 7. The Bertz CT molecular complexity index is 411. The van der Waals surface area contributed by atoms with Crippen LogP contribution in [-0.2, 0) is 19.1 Å². The van der Waals surface area contributed by atoms with Crippen molar-refractivity contribution < 1.29 is 24.2 Å². The zero-order valence-electron chi connectivity index (χ0n) is 17.0. The molecule has 2 atom stereocenters. The topological polar surface area (TPSA) is 72.8 Å². The molecular weight excluding hydrogens is 412 g/mol. The molecule has 0 rings (SSSR count). The standard InChI is InChI=1S/C21H37BrO5/c1-3-4-11-15-19(27-21(25)17-22)18(23)14-12-9-7-5-6-8-10-13-16-20(24)26-2/h9,12,18-19,23H,3-8,10-11,13-17H2,1-2H3/b12-9-. The molecule has 0 fully saturated rings. The van der Waals surface area contributed by atoms with Crippen molar-refractivity contribution in [2.24, 2.45) is 0 Å². The number of aliphatic hydroxyl groups is 1. The molecule has 5 nitrogen and oxygen atoms in total. The van der Waals surface area contributed by atoms with Gasteiger partial charge in [0.2, 0.25) is 0 Å². The van der Waals surface area contributed by atoms with E-state index in [2.05, 4.69) is 33.7 Å². The van der Waals surface area contributed by atoms with Crippen molar-refractivity contribution in [1.82, 2.24) is 0 Å². The van der Waals surface area contributed by atoms with Crippen LogP contribution < -0.4 is 0 Å². The first kappa shape index (κ1) is 26.1. The quantitative estimate of drug-likeness (QED) is 0.145. The fraction of sp³-hybridized carbons (Fsp3) is 0.810. The van der Waals surface area contributed by atoms with E-state index in [1.165, 1.54) is 7.11 Å². The third-order valence-electron chi connectivity index (χ3n) is 4.44. The summed E-state index contributed by atoms with van der Waals surface area (Å²) in [7, 11) is 1.42. The molecule has 0 bridgehead atoms. The molecule has 0 aliphatic rings. The molecule has 0 amide bonds. The molecule has 0 aromatic rings. The molecule has 6 heteroatoms. The molecule has 0 saturated heterocycles. The first-order chi connectivity index (χ1) is 13.0. The second-order valence-corrected chi connectivity index (χ2v) is 7.38. The number of carbonyl (C=O) groups excluding carboxylic acids is 2. The average Bonchev–Trinajstić information content (AvgIpc) is 2.67. The van der Waals surface area contributed by atoms with Crippen molar-refractivity contribution in [1.29, 1.82) is 0 Å². The third kappa shape index (κ3) is 15.8. The number of carbonyl (C=O) groups is 2. The molecule has 0 aromatic carbocycles. The van der Waals surface area contributed by atoms with Gasteiger partial charge in [0.25, 0.3) is 0 Å². The number of hydrogen-bond donors (Lipinski definition) is 1. The maximum absolute atomic E-state index is 11.5. The van der Waals surface area contributed by atoms with Gasteiger partial charge in [-0.2, -0.15) is 0 Å². The highest BCUT2D eigenvalue weighted by Crippen LogP contribution is 2.15. The molecule has 0 aliphatic heterocycles. The van der Waals surface area contributed by atoms with Crippen LogP contribution in [-0.4, -0.2) is 41.7 Å². The number of allylic oxidation sites excluding steroid dienone is 1. The summed E-state index contributed by atoms with van der Waals surface area (Å²) in [6, 6.07) is 0. The second-order valence-electron chi connectivity index (χ2n) is 6.81. The lowest BCUT2D eigenvalue weighted by molar-refractivity contribution is -0.152. The van der Waals surface area contributed by atoms with E-state index in [-0.39, 0.29) is 17.3 Å². The van der Waals surface area contributed by atoms with Gasteiger partial charge in [0.05, 0.1) is 13.2 Å². The lowest BCUT2D eigenvalue weighted by atomic mass is 10.0. The van der Waals surface area contributed by atoms with Crippen molar-refractivity contribution >= 4 is 27.9 Å². The van der Waals surface area contributed by atoms with Gasteiger partial charge in [0, 0.05) is 6.42 Å².